The second kappa shape index (κ2) is 4.89. The van der Waals surface area contributed by atoms with Gasteiger partial charge in [0.1, 0.15) is 0 Å². The molecule has 0 radical (unpaired) electrons. The zero-order chi connectivity index (χ0) is 10.8. The van der Waals surface area contributed by atoms with Crippen molar-refractivity contribution >= 4 is 11.3 Å². The zero-order valence-electron chi connectivity index (χ0n) is 9.82. The quantitative estimate of drug-likeness (QED) is 0.825. The molecule has 3 rings (SSSR count). The molecule has 1 aliphatic heterocycles. The Labute approximate surface area is 102 Å². The van der Waals surface area contributed by atoms with Crippen LogP contribution in [-0.2, 0) is 0 Å². The van der Waals surface area contributed by atoms with Crippen molar-refractivity contribution in [3.63, 3.8) is 0 Å². The van der Waals surface area contributed by atoms with Crippen molar-refractivity contribution in [3.8, 4) is 0 Å². The Morgan fingerprint density at radius 3 is 2.81 bits per heavy atom. The Morgan fingerprint density at radius 1 is 1.19 bits per heavy atom. The van der Waals surface area contributed by atoms with Gasteiger partial charge in [-0.3, -0.25) is 0 Å². The van der Waals surface area contributed by atoms with Gasteiger partial charge in [-0.05, 0) is 59.7 Å². The molecule has 1 aliphatic carbocycles. The Balaban J connectivity index is 1.78. The largest absolute Gasteiger partial charge is 0.316 e. The summed E-state index contributed by atoms with van der Waals surface area (Å²) in [6, 6.07) is 2.35. The minimum absolute atomic E-state index is 0.843. The summed E-state index contributed by atoms with van der Waals surface area (Å²) in [5.41, 5.74) is 1.61. The zero-order valence-corrected chi connectivity index (χ0v) is 10.6. The van der Waals surface area contributed by atoms with Crippen LogP contribution in [0.15, 0.2) is 16.8 Å². The smallest absolute Gasteiger partial charge is 0.00120 e. The van der Waals surface area contributed by atoms with Gasteiger partial charge in [0.05, 0.1) is 0 Å². The monoisotopic (exact) mass is 235 g/mol. The first-order valence-corrected chi connectivity index (χ1v) is 7.62. The van der Waals surface area contributed by atoms with Crippen LogP contribution < -0.4 is 5.32 Å². The molecule has 1 aromatic heterocycles. The van der Waals surface area contributed by atoms with Crippen LogP contribution in [0.4, 0.5) is 0 Å². The predicted molar refractivity (Wildman–Crippen MR) is 70.0 cm³/mol. The van der Waals surface area contributed by atoms with Crippen molar-refractivity contribution in [2.75, 3.05) is 13.1 Å². The van der Waals surface area contributed by atoms with E-state index in [4.69, 9.17) is 0 Å². The Kier molecular flexibility index (Phi) is 3.30. The first-order valence-electron chi connectivity index (χ1n) is 6.68. The second-order valence-electron chi connectivity index (χ2n) is 5.36. The molecule has 1 saturated carbocycles. The van der Waals surface area contributed by atoms with E-state index in [0.29, 0.717) is 0 Å². The first-order chi connectivity index (χ1) is 7.95. The van der Waals surface area contributed by atoms with Gasteiger partial charge in [0.15, 0.2) is 0 Å². The molecule has 2 heterocycles. The molecule has 0 spiro atoms. The number of hydrogen-bond acceptors (Lipinski definition) is 2. The van der Waals surface area contributed by atoms with E-state index in [0.717, 1.165) is 17.8 Å². The van der Waals surface area contributed by atoms with Crippen molar-refractivity contribution in [1.29, 1.82) is 0 Å². The summed E-state index contributed by atoms with van der Waals surface area (Å²) in [5, 5.41) is 8.22. The lowest BCUT2D eigenvalue weighted by molar-refractivity contribution is 0.231. The molecule has 1 saturated heterocycles. The van der Waals surface area contributed by atoms with Gasteiger partial charge in [0.2, 0.25) is 0 Å². The van der Waals surface area contributed by atoms with E-state index in [2.05, 4.69) is 22.1 Å². The lowest BCUT2D eigenvalue weighted by Crippen LogP contribution is -2.38. The fourth-order valence-electron chi connectivity index (χ4n) is 3.66. The van der Waals surface area contributed by atoms with Gasteiger partial charge in [-0.1, -0.05) is 25.7 Å². The highest BCUT2D eigenvalue weighted by atomic mass is 32.1. The van der Waals surface area contributed by atoms with Gasteiger partial charge in [-0.2, -0.15) is 11.3 Å². The van der Waals surface area contributed by atoms with E-state index in [-0.39, 0.29) is 0 Å². The Hall–Kier alpha value is -0.340. The SMILES string of the molecule is c1cc(C2CCNCC2C2CCCC2)cs1. The van der Waals surface area contributed by atoms with Crippen LogP contribution in [0.5, 0.6) is 0 Å². The Bertz CT molecular complexity index is 313. The third-order valence-corrected chi connectivity index (χ3v) is 5.21. The molecule has 0 aromatic carbocycles. The lowest BCUT2D eigenvalue weighted by Gasteiger charge is -2.36. The maximum atomic E-state index is 3.61. The minimum atomic E-state index is 0.843. The first kappa shape index (κ1) is 10.8. The second-order valence-corrected chi connectivity index (χ2v) is 6.14. The standard InChI is InChI=1S/C14H21NS/c1-2-4-11(3-1)14-9-15-7-5-13(14)12-6-8-16-10-12/h6,8,10-11,13-15H,1-5,7,9H2. The number of thiophene rings is 1. The summed E-state index contributed by atoms with van der Waals surface area (Å²) in [4.78, 5) is 0. The van der Waals surface area contributed by atoms with Crippen molar-refractivity contribution in [3.05, 3.63) is 22.4 Å². The molecule has 2 atom stereocenters. The normalized spacial score (nSPS) is 32.0. The van der Waals surface area contributed by atoms with Crippen LogP contribution in [0.25, 0.3) is 0 Å². The van der Waals surface area contributed by atoms with Crippen molar-refractivity contribution in [2.24, 2.45) is 11.8 Å². The lowest BCUT2D eigenvalue weighted by atomic mass is 9.74. The summed E-state index contributed by atoms with van der Waals surface area (Å²) in [5.74, 6) is 2.75. The van der Waals surface area contributed by atoms with E-state index in [1.165, 1.54) is 45.2 Å². The summed E-state index contributed by atoms with van der Waals surface area (Å²) in [6.07, 6.45) is 7.24. The van der Waals surface area contributed by atoms with Crippen molar-refractivity contribution < 1.29 is 0 Å². The number of nitrogens with one attached hydrogen (secondary N) is 1. The molecule has 2 heteroatoms. The van der Waals surface area contributed by atoms with Crippen molar-refractivity contribution in [1.82, 2.24) is 5.32 Å². The van der Waals surface area contributed by atoms with E-state index in [1.807, 2.05) is 11.3 Å². The van der Waals surface area contributed by atoms with Crippen LogP contribution in [-0.4, -0.2) is 13.1 Å². The molecule has 2 aliphatic rings. The van der Waals surface area contributed by atoms with Crippen molar-refractivity contribution in [2.45, 2.75) is 38.0 Å². The number of rotatable bonds is 2. The highest BCUT2D eigenvalue weighted by molar-refractivity contribution is 7.07. The molecular formula is C14H21NS. The molecule has 1 nitrogen and oxygen atoms in total. The summed E-state index contributed by atoms with van der Waals surface area (Å²) in [7, 11) is 0. The van der Waals surface area contributed by atoms with Crippen LogP contribution in [0.3, 0.4) is 0 Å². The number of piperidine rings is 1. The summed E-state index contributed by atoms with van der Waals surface area (Å²) in [6.45, 7) is 2.47. The third kappa shape index (κ3) is 2.05. The van der Waals surface area contributed by atoms with E-state index >= 15 is 0 Å². The highest BCUT2D eigenvalue weighted by Crippen LogP contribution is 2.42. The van der Waals surface area contributed by atoms with Gasteiger partial charge < -0.3 is 5.32 Å². The van der Waals surface area contributed by atoms with Gasteiger partial charge in [0.25, 0.3) is 0 Å². The molecule has 2 fully saturated rings. The molecule has 1 N–H and O–H groups in total. The molecule has 16 heavy (non-hydrogen) atoms. The van der Waals surface area contributed by atoms with E-state index in [9.17, 15) is 0 Å². The third-order valence-electron chi connectivity index (χ3n) is 4.51. The molecule has 1 aromatic rings. The highest BCUT2D eigenvalue weighted by Gasteiger charge is 2.34. The fourth-order valence-corrected chi connectivity index (χ4v) is 4.39. The average molecular weight is 235 g/mol. The Morgan fingerprint density at radius 2 is 2.06 bits per heavy atom. The topological polar surface area (TPSA) is 12.0 Å². The van der Waals surface area contributed by atoms with Crippen LogP contribution in [0.1, 0.15) is 43.6 Å². The van der Waals surface area contributed by atoms with Gasteiger partial charge >= 0.3 is 0 Å². The number of hydrogen-bond donors (Lipinski definition) is 1. The van der Waals surface area contributed by atoms with Crippen LogP contribution in [0.2, 0.25) is 0 Å². The molecular weight excluding hydrogens is 214 g/mol. The molecule has 88 valence electrons. The fraction of sp³-hybridized carbons (Fsp3) is 0.714. The minimum Gasteiger partial charge on any atom is -0.316 e. The van der Waals surface area contributed by atoms with Gasteiger partial charge in [0, 0.05) is 0 Å². The molecule has 2 unspecified atom stereocenters. The van der Waals surface area contributed by atoms with Gasteiger partial charge in [-0.25, -0.2) is 0 Å². The molecule has 0 amide bonds. The maximum absolute atomic E-state index is 3.61. The van der Waals surface area contributed by atoms with Crippen LogP contribution in [0, 0.1) is 11.8 Å². The predicted octanol–water partition coefficient (Wildman–Crippen LogP) is 3.63. The van der Waals surface area contributed by atoms with Gasteiger partial charge in [-0.15, -0.1) is 0 Å². The molecule has 0 bridgehead atoms. The van der Waals surface area contributed by atoms with E-state index in [1.54, 1.807) is 5.56 Å². The van der Waals surface area contributed by atoms with Crippen LogP contribution >= 0.6 is 11.3 Å². The van der Waals surface area contributed by atoms with E-state index < -0.39 is 0 Å². The average Bonchev–Trinajstić information content (AvgIpc) is 3.03. The summed E-state index contributed by atoms with van der Waals surface area (Å²) < 4.78 is 0. The maximum Gasteiger partial charge on any atom is -0.00120 e. The summed E-state index contributed by atoms with van der Waals surface area (Å²) >= 11 is 1.86.